The van der Waals surface area contributed by atoms with E-state index < -0.39 is 12.8 Å². The highest BCUT2D eigenvalue weighted by Crippen LogP contribution is 2.24. The van der Waals surface area contributed by atoms with Crippen LogP contribution in [0.15, 0.2) is 46.5 Å². The zero-order chi connectivity index (χ0) is 18.7. The molecule has 0 atom stereocenters. The average Bonchev–Trinajstić information content (AvgIpc) is 3.07. The molecule has 0 amide bonds. The minimum atomic E-state index is -4.40. The lowest BCUT2D eigenvalue weighted by molar-refractivity contribution is -0.153. The molecule has 2 aromatic heterocycles. The van der Waals surface area contributed by atoms with Crippen molar-refractivity contribution in [2.75, 3.05) is 12.4 Å². The van der Waals surface area contributed by atoms with E-state index in [4.69, 9.17) is 4.74 Å². The predicted molar refractivity (Wildman–Crippen MR) is 94.3 cm³/mol. The third kappa shape index (κ3) is 4.04. The summed E-state index contributed by atoms with van der Waals surface area (Å²) in [6, 6.07) is 7.55. The number of H-pyrrole nitrogens is 1. The minimum Gasteiger partial charge on any atom is -0.484 e. The number of ether oxygens (including phenoxy) is 1. The van der Waals surface area contributed by atoms with Crippen LogP contribution < -0.4 is 10.3 Å². The van der Waals surface area contributed by atoms with Crippen LogP contribution in [0.1, 0.15) is 13.3 Å². The first-order valence-corrected chi connectivity index (χ1v) is 8.90. The molecule has 0 aliphatic heterocycles. The summed E-state index contributed by atoms with van der Waals surface area (Å²) in [7, 11) is 0. The molecule has 1 aromatic carbocycles. The quantitative estimate of drug-likeness (QED) is 0.513. The molecule has 0 fully saturated rings. The van der Waals surface area contributed by atoms with E-state index in [2.05, 4.69) is 9.97 Å². The predicted octanol–water partition coefficient (Wildman–Crippen LogP) is 4.16. The van der Waals surface area contributed by atoms with E-state index in [9.17, 15) is 18.0 Å². The average molecular weight is 383 g/mol. The largest absolute Gasteiger partial charge is 0.484 e. The van der Waals surface area contributed by atoms with Crippen molar-refractivity contribution in [1.82, 2.24) is 14.5 Å². The summed E-state index contributed by atoms with van der Waals surface area (Å²) in [5, 5.41) is 0.971. The van der Waals surface area contributed by atoms with Gasteiger partial charge in [-0.2, -0.15) is 13.2 Å². The Bertz CT molecular complexity index is 949. The number of halogens is 3. The van der Waals surface area contributed by atoms with Crippen LogP contribution in [0.25, 0.3) is 16.7 Å². The Kier molecular flexibility index (Phi) is 5.26. The molecule has 0 saturated heterocycles. The maximum atomic E-state index is 12.8. The molecule has 0 bridgehead atoms. The second-order valence-electron chi connectivity index (χ2n) is 5.52. The zero-order valence-electron chi connectivity index (χ0n) is 13.8. The molecule has 2 heterocycles. The first kappa shape index (κ1) is 18.4. The fourth-order valence-electron chi connectivity index (χ4n) is 2.35. The number of aromatic amines is 1. The van der Waals surface area contributed by atoms with E-state index in [1.807, 2.05) is 6.92 Å². The summed E-state index contributed by atoms with van der Waals surface area (Å²) in [4.78, 5) is 20.2. The second kappa shape index (κ2) is 7.45. The van der Waals surface area contributed by atoms with E-state index in [1.165, 1.54) is 28.5 Å². The molecule has 1 N–H and O–H groups in total. The highest BCUT2D eigenvalue weighted by Gasteiger charge is 2.28. The minimum absolute atomic E-state index is 0.0811. The standard InChI is InChI=1S/C17H16F3N3O2S/c1-2-9-26-16-22-14-13(7-8-21-14)15(24)23(16)11-3-5-12(6-4-11)25-10-17(18,19)20/h3-8,21H,2,9-10H2,1H3. The number of benzene rings is 1. The molecule has 5 nitrogen and oxygen atoms in total. The lowest BCUT2D eigenvalue weighted by Gasteiger charge is -2.13. The maximum absolute atomic E-state index is 12.8. The molecule has 26 heavy (non-hydrogen) atoms. The molecular formula is C17H16F3N3O2S. The number of aromatic nitrogens is 3. The SMILES string of the molecule is CCCSc1nc2[nH]ccc2c(=O)n1-c1ccc(OCC(F)(F)F)cc1. The van der Waals surface area contributed by atoms with Gasteiger partial charge in [-0.15, -0.1) is 0 Å². The highest BCUT2D eigenvalue weighted by atomic mass is 32.2. The molecular weight excluding hydrogens is 367 g/mol. The van der Waals surface area contributed by atoms with Gasteiger partial charge in [0.25, 0.3) is 5.56 Å². The Balaban J connectivity index is 1.98. The van der Waals surface area contributed by atoms with Gasteiger partial charge in [-0.3, -0.25) is 9.36 Å². The van der Waals surface area contributed by atoms with Gasteiger partial charge in [0, 0.05) is 11.9 Å². The first-order valence-electron chi connectivity index (χ1n) is 7.92. The summed E-state index contributed by atoms with van der Waals surface area (Å²) in [6.45, 7) is 0.663. The number of hydrogen-bond donors (Lipinski definition) is 1. The Morgan fingerprint density at radius 2 is 1.96 bits per heavy atom. The Hall–Kier alpha value is -2.42. The van der Waals surface area contributed by atoms with Gasteiger partial charge in [-0.05, 0) is 36.8 Å². The topological polar surface area (TPSA) is 59.9 Å². The second-order valence-corrected chi connectivity index (χ2v) is 6.58. The number of hydrogen-bond acceptors (Lipinski definition) is 4. The van der Waals surface area contributed by atoms with Gasteiger partial charge in [0.1, 0.15) is 11.4 Å². The maximum Gasteiger partial charge on any atom is 0.422 e. The third-order valence-electron chi connectivity index (χ3n) is 3.49. The van der Waals surface area contributed by atoms with Crippen molar-refractivity contribution in [3.63, 3.8) is 0 Å². The summed E-state index contributed by atoms with van der Waals surface area (Å²) >= 11 is 1.44. The van der Waals surface area contributed by atoms with E-state index >= 15 is 0 Å². The van der Waals surface area contributed by atoms with Gasteiger partial charge < -0.3 is 9.72 Å². The molecule has 9 heteroatoms. The Labute approximate surface area is 151 Å². The van der Waals surface area contributed by atoms with Crippen molar-refractivity contribution >= 4 is 22.8 Å². The smallest absolute Gasteiger partial charge is 0.422 e. The number of nitrogens with zero attached hydrogens (tertiary/aromatic N) is 2. The molecule has 0 radical (unpaired) electrons. The van der Waals surface area contributed by atoms with E-state index in [-0.39, 0.29) is 11.3 Å². The molecule has 0 aliphatic carbocycles. The number of thioether (sulfide) groups is 1. The van der Waals surface area contributed by atoms with Crippen molar-refractivity contribution in [3.8, 4) is 11.4 Å². The van der Waals surface area contributed by atoms with Crippen LogP contribution in [0.5, 0.6) is 5.75 Å². The monoisotopic (exact) mass is 383 g/mol. The summed E-state index contributed by atoms with van der Waals surface area (Å²) in [6.07, 6.45) is -1.85. The van der Waals surface area contributed by atoms with Crippen molar-refractivity contribution in [2.45, 2.75) is 24.7 Å². The third-order valence-corrected chi connectivity index (χ3v) is 4.63. The van der Waals surface area contributed by atoms with E-state index in [0.29, 0.717) is 21.9 Å². The van der Waals surface area contributed by atoms with Gasteiger partial charge in [-0.25, -0.2) is 4.98 Å². The molecule has 0 spiro atoms. The molecule has 3 rings (SSSR count). The van der Waals surface area contributed by atoms with Gasteiger partial charge in [0.2, 0.25) is 0 Å². The normalized spacial score (nSPS) is 11.8. The number of rotatable bonds is 6. The van der Waals surface area contributed by atoms with E-state index in [0.717, 1.165) is 12.2 Å². The van der Waals surface area contributed by atoms with Crippen molar-refractivity contribution in [1.29, 1.82) is 0 Å². The van der Waals surface area contributed by atoms with Crippen LogP contribution in [0.2, 0.25) is 0 Å². The number of fused-ring (bicyclic) bond motifs is 1. The fraction of sp³-hybridized carbons (Fsp3) is 0.294. The summed E-state index contributed by atoms with van der Waals surface area (Å²) in [5.41, 5.74) is 0.789. The van der Waals surface area contributed by atoms with Crippen LogP contribution >= 0.6 is 11.8 Å². The number of nitrogens with one attached hydrogen (secondary N) is 1. The van der Waals surface area contributed by atoms with Gasteiger partial charge in [-0.1, -0.05) is 18.7 Å². The van der Waals surface area contributed by atoms with Crippen LogP contribution in [0, 0.1) is 0 Å². The highest BCUT2D eigenvalue weighted by molar-refractivity contribution is 7.99. The van der Waals surface area contributed by atoms with Gasteiger partial charge in [0.05, 0.1) is 11.1 Å². The lowest BCUT2D eigenvalue weighted by Crippen LogP contribution is -2.21. The van der Waals surface area contributed by atoms with Crippen LogP contribution in [-0.4, -0.2) is 33.1 Å². The van der Waals surface area contributed by atoms with Gasteiger partial charge in [0.15, 0.2) is 11.8 Å². The van der Waals surface area contributed by atoms with Crippen molar-refractivity contribution in [3.05, 3.63) is 46.9 Å². The molecule has 3 aromatic rings. The zero-order valence-corrected chi connectivity index (χ0v) is 14.7. The van der Waals surface area contributed by atoms with Crippen LogP contribution in [-0.2, 0) is 0 Å². The Morgan fingerprint density at radius 1 is 1.23 bits per heavy atom. The van der Waals surface area contributed by atoms with Gasteiger partial charge >= 0.3 is 6.18 Å². The fourth-order valence-corrected chi connectivity index (χ4v) is 3.21. The molecule has 0 unspecified atom stereocenters. The first-order chi connectivity index (χ1) is 12.4. The number of alkyl halides is 3. The molecule has 138 valence electrons. The molecule has 0 aliphatic rings. The molecule has 0 saturated carbocycles. The summed E-state index contributed by atoms with van der Waals surface area (Å²) in [5.74, 6) is 0.864. The van der Waals surface area contributed by atoms with E-state index in [1.54, 1.807) is 24.4 Å². The van der Waals surface area contributed by atoms with Crippen molar-refractivity contribution in [2.24, 2.45) is 0 Å². The Morgan fingerprint density at radius 3 is 2.62 bits per heavy atom. The van der Waals surface area contributed by atoms with Crippen LogP contribution in [0.3, 0.4) is 0 Å². The lowest BCUT2D eigenvalue weighted by atomic mass is 10.3. The van der Waals surface area contributed by atoms with Crippen LogP contribution in [0.4, 0.5) is 13.2 Å². The summed E-state index contributed by atoms with van der Waals surface area (Å²) < 4.78 is 42.9. The van der Waals surface area contributed by atoms with Crippen molar-refractivity contribution < 1.29 is 17.9 Å².